The number of rotatable bonds is 3. The second-order valence-electron chi connectivity index (χ2n) is 5.60. The van der Waals surface area contributed by atoms with Crippen molar-refractivity contribution >= 4 is 21.9 Å². The Balaban J connectivity index is 1.62. The minimum absolute atomic E-state index is 0.0940. The number of amides is 2. The molecular weight excluding hydrogens is 351 g/mol. The first-order chi connectivity index (χ1) is 11.9. The molecule has 2 amide bonds. The van der Waals surface area contributed by atoms with Gasteiger partial charge in [-0.15, -0.1) is 0 Å². The molecular formula is C15H17FN4O4S. The Morgan fingerprint density at radius 3 is 2.56 bits per heavy atom. The zero-order chi connectivity index (χ0) is 18.0. The molecule has 1 fully saturated rings. The van der Waals surface area contributed by atoms with E-state index in [9.17, 15) is 17.6 Å². The molecule has 2 aromatic rings. The monoisotopic (exact) mass is 368 g/mol. The van der Waals surface area contributed by atoms with E-state index in [1.54, 1.807) is 13.0 Å². The Bertz CT molecular complexity index is 875. The average molecular weight is 368 g/mol. The standard InChI is InChI=1S/C15H17FN4O4S/c1-11-9-14(18-24-11)17-15(21)19-5-7-20(8-6-19)25(22,23)13-4-2-3-12(16)10-13/h2-4,9-10H,5-8H2,1H3,(H,17,18,21). The van der Waals surface area contributed by atoms with Gasteiger partial charge in [0.1, 0.15) is 11.6 Å². The van der Waals surface area contributed by atoms with Gasteiger partial charge in [-0.3, -0.25) is 5.32 Å². The lowest BCUT2D eigenvalue weighted by Crippen LogP contribution is -2.51. The van der Waals surface area contributed by atoms with Gasteiger partial charge in [-0.05, 0) is 25.1 Å². The maximum absolute atomic E-state index is 13.3. The molecule has 134 valence electrons. The molecule has 0 bridgehead atoms. The van der Waals surface area contributed by atoms with Gasteiger partial charge in [0.05, 0.1) is 4.90 Å². The van der Waals surface area contributed by atoms with Crippen LogP contribution in [-0.2, 0) is 10.0 Å². The van der Waals surface area contributed by atoms with Crippen LogP contribution in [0.4, 0.5) is 15.0 Å². The highest BCUT2D eigenvalue weighted by Gasteiger charge is 2.30. The Hall–Kier alpha value is -2.46. The molecule has 8 nitrogen and oxygen atoms in total. The third-order valence-corrected chi connectivity index (χ3v) is 5.72. The lowest BCUT2D eigenvalue weighted by molar-refractivity contribution is 0.184. The fraction of sp³-hybridized carbons (Fsp3) is 0.333. The number of benzene rings is 1. The van der Waals surface area contributed by atoms with E-state index in [0.717, 1.165) is 6.07 Å². The fourth-order valence-electron chi connectivity index (χ4n) is 2.52. The number of anilines is 1. The maximum Gasteiger partial charge on any atom is 0.323 e. The van der Waals surface area contributed by atoms with Crippen molar-refractivity contribution in [2.45, 2.75) is 11.8 Å². The molecule has 1 aromatic carbocycles. The third kappa shape index (κ3) is 3.80. The molecule has 0 radical (unpaired) electrons. The minimum Gasteiger partial charge on any atom is -0.360 e. The molecule has 0 saturated carbocycles. The number of hydrogen-bond donors (Lipinski definition) is 1. The summed E-state index contributed by atoms with van der Waals surface area (Å²) in [6.45, 7) is 2.40. The van der Waals surface area contributed by atoms with Crippen LogP contribution in [-0.4, -0.2) is 55.0 Å². The smallest absolute Gasteiger partial charge is 0.323 e. The molecule has 0 spiro atoms. The lowest BCUT2D eigenvalue weighted by atomic mass is 10.3. The van der Waals surface area contributed by atoms with Gasteiger partial charge in [0.25, 0.3) is 0 Å². The van der Waals surface area contributed by atoms with Gasteiger partial charge in [0, 0.05) is 32.2 Å². The second kappa shape index (κ2) is 6.81. The van der Waals surface area contributed by atoms with Gasteiger partial charge in [0.2, 0.25) is 10.0 Å². The van der Waals surface area contributed by atoms with Crippen molar-refractivity contribution in [3.63, 3.8) is 0 Å². The number of hydrogen-bond acceptors (Lipinski definition) is 5. The number of carbonyl (C=O) groups is 1. The van der Waals surface area contributed by atoms with Crippen LogP contribution in [0.1, 0.15) is 5.76 Å². The molecule has 1 aliphatic heterocycles. The number of aryl methyl sites for hydroxylation is 1. The van der Waals surface area contributed by atoms with Crippen LogP contribution in [0.25, 0.3) is 0 Å². The van der Waals surface area contributed by atoms with E-state index in [4.69, 9.17) is 4.52 Å². The summed E-state index contributed by atoms with van der Waals surface area (Å²) in [5.74, 6) is 0.264. The maximum atomic E-state index is 13.3. The van der Waals surface area contributed by atoms with Crippen LogP contribution in [0.3, 0.4) is 0 Å². The van der Waals surface area contributed by atoms with E-state index in [1.165, 1.54) is 27.4 Å². The molecule has 2 heterocycles. The summed E-state index contributed by atoms with van der Waals surface area (Å²) >= 11 is 0. The zero-order valence-electron chi connectivity index (χ0n) is 13.5. The molecule has 0 unspecified atom stereocenters. The summed E-state index contributed by atoms with van der Waals surface area (Å²) in [7, 11) is -3.78. The molecule has 0 atom stereocenters. The number of aromatic nitrogens is 1. The summed E-state index contributed by atoms with van der Waals surface area (Å²) < 4.78 is 44.5. The summed E-state index contributed by atoms with van der Waals surface area (Å²) in [6, 6.07) is 6.09. The summed E-state index contributed by atoms with van der Waals surface area (Å²) in [6.07, 6.45) is 0. The highest BCUT2D eigenvalue weighted by Crippen LogP contribution is 2.19. The van der Waals surface area contributed by atoms with Gasteiger partial charge in [-0.2, -0.15) is 4.31 Å². The van der Waals surface area contributed by atoms with E-state index >= 15 is 0 Å². The largest absolute Gasteiger partial charge is 0.360 e. The Kier molecular flexibility index (Phi) is 4.73. The van der Waals surface area contributed by atoms with Gasteiger partial charge < -0.3 is 9.42 Å². The van der Waals surface area contributed by atoms with Gasteiger partial charge in [0.15, 0.2) is 5.82 Å². The van der Waals surface area contributed by atoms with Gasteiger partial charge in [-0.25, -0.2) is 17.6 Å². The second-order valence-corrected chi connectivity index (χ2v) is 7.54. The van der Waals surface area contributed by atoms with Crippen LogP contribution in [0.5, 0.6) is 0 Å². The van der Waals surface area contributed by atoms with Crippen molar-refractivity contribution < 1.29 is 22.1 Å². The van der Waals surface area contributed by atoms with Crippen LogP contribution < -0.4 is 5.32 Å². The van der Waals surface area contributed by atoms with Crippen LogP contribution in [0.2, 0.25) is 0 Å². The number of piperazine rings is 1. The van der Waals surface area contributed by atoms with Gasteiger partial charge >= 0.3 is 6.03 Å². The Morgan fingerprint density at radius 1 is 1.24 bits per heavy atom. The average Bonchev–Trinajstić information content (AvgIpc) is 3.00. The van der Waals surface area contributed by atoms with Gasteiger partial charge in [-0.1, -0.05) is 11.2 Å². The molecule has 0 aliphatic carbocycles. The van der Waals surface area contributed by atoms with Crippen LogP contribution in [0, 0.1) is 12.7 Å². The number of halogens is 1. The Labute approximate surface area is 144 Å². The number of nitrogens with zero attached hydrogens (tertiary/aromatic N) is 3. The van der Waals surface area contributed by atoms with Crippen molar-refractivity contribution in [2.24, 2.45) is 0 Å². The molecule has 25 heavy (non-hydrogen) atoms. The molecule has 1 N–H and O–H groups in total. The first-order valence-electron chi connectivity index (χ1n) is 7.61. The van der Waals surface area contributed by atoms with Crippen molar-refractivity contribution in [1.29, 1.82) is 0 Å². The van der Waals surface area contributed by atoms with E-state index in [0.29, 0.717) is 11.6 Å². The molecule has 1 aliphatic rings. The third-order valence-electron chi connectivity index (χ3n) is 3.82. The number of urea groups is 1. The summed E-state index contributed by atoms with van der Waals surface area (Å²) in [5.41, 5.74) is 0. The quantitative estimate of drug-likeness (QED) is 0.889. The predicted molar refractivity (Wildman–Crippen MR) is 87.0 cm³/mol. The predicted octanol–water partition coefficient (Wildman–Crippen LogP) is 1.66. The topological polar surface area (TPSA) is 95.8 Å². The molecule has 1 aromatic heterocycles. The van der Waals surface area contributed by atoms with Crippen molar-refractivity contribution in [3.05, 3.63) is 41.9 Å². The normalized spacial score (nSPS) is 16.0. The highest BCUT2D eigenvalue weighted by molar-refractivity contribution is 7.89. The van der Waals surface area contributed by atoms with Crippen LogP contribution >= 0.6 is 0 Å². The molecule has 3 rings (SSSR count). The van der Waals surface area contributed by atoms with E-state index in [2.05, 4.69) is 10.5 Å². The SMILES string of the molecule is Cc1cc(NC(=O)N2CCN(S(=O)(=O)c3cccc(F)c3)CC2)no1. The molecule has 10 heteroatoms. The highest BCUT2D eigenvalue weighted by atomic mass is 32.2. The van der Waals surface area contributed by atoms with Crippen LogP contribution in [0.15, 0.2) is 39.8 Å². The van der Waals surface area contributed by atoms with E-state index in [1.807, 2.05) is 0 Å². The lowest BCUT2D eigenvalue weighted by Gasteiger charge is -2.33. The molecule has 1 saturated heterocycles. The minimum atomic E-state index is -3.78. The number of sulfonamides is 1. The van der Waals surface area contributed by atoms with E-state index < -0.39 is 15.8 Å². The fourth-order valence-corrected chi connectivity index (χ4v) is 3.98. The summed E-state index contributed by atoms with van der Waals surface area (Å²) in [5, 5.41) is 6.27. The summed E-state index contributed by atoms with van der Waals surface area (Å²) in [4.78, 5) is 13.6. The van der Waals surface area contributed by atoms with Crippen molar-refractivity contribution in [1.82, 2.24) is 14.4 Å². The number of nitrogens with one attached hydrogen (secondary N) is 1. The number of carbonyl (C=O) groups excluding carboxylic acids is 1. The Morgan fingerprint density at radius 2 is 1.96 bits per heavy atom. The van der Waals surface area contributed by atoms with E-state index in [-0.39, 0.29) is 37.1 Å². The first-order valence-corrected chi connectivity index (χ1v) is 9.05. The van der Waals surface area contributed by atoms with Crippen molar-refractivity contribution in [2.75, 3.05) is 31.5 Å². The first kappa shape index (κ1) is 17.4. The van der Waals surface area contributed by atoms with Crippen molar-refractivity contribution in [3.8, 4) is 0 Å². The zero-order valence-corrected chi connectivity index (χ0v) is 14.3.